The summed E-state index contributed by atoms with van der Waals surface area (Å²) in [5.74, 6) is 0. The van der Waals surface area contributed by atoms with Crippen LogP contribution in [0.5, 0.6) is 0 Å². The second kappa shape index (κ2) is 7.87. The number of nitrogens with zero attached hydrogens (tertiary/aromatic N) is 1. The monoisotopic (exact) mass is 384 g/mol. The molecule has 4 heteroatoms. The van der Waals surface area contributed by atoms with Crippen LogP contribution in [-0.2, 0) is 6.42 Å². The fourth-order valence-corrected chi connectivity index (χ4v) is 4.30. The van der Waals surface area contributed by atoms with Crippen LogP contribution in [-0.4, -0.2) is 29.5 Å². The summed E-state index contributed by atoms with van der Waals surface area (Å²) in [6, 6.07) is 14.5. The summed E-state index contributed by atoms with van der Waals surface area (Å²) in [6.07, 6.45) is 7.66. The molecule has 2 heterocycles. The quantitative estimate of drug-likeness (QED) is 0.554. The highest BCUT2D eigenvalue weighted by atomic mass is 35.5. The lowest BCUT2D eigenvalue weighted by Crippen LogP contribution is -2.29. The van der Waals surface area contributed by atoms with Crippen LogP contribution in [0.25, 0.3) is 16.5 Å². The van der Waals surface area contributed by atoms with Gasteiger partial charge in [-0.2, -0.15) is 0 Å². The highest BCUT2D eigenvalue weighted by Gasteiger charge is 2.15. The first kappa shape index (κ1) is 17.7. The molecule has 0 unspecified atom stereocenters. The Morgan fingerprint density at radius 3 is 2.81 bits per heavy atom. The smallest absolute Gasteiger partial charge is 0.0495 e. The predicted octanol–water partition coefficient (Wildman–Crippen LogP) is 6.20. The Balaban J connectivity index is 1.34. The summed E-state index contributed by atoms with van der Waals surface area (Å²) in [6.45, 7) is 3.20. The first-order chi connectivity index (χ1) is 12.7. The SMILES string of the molecule is Clc1ccc(C2=CCN(CCCc3cccc4[nH]ccc34)CC2)c(Cl)c1. The van der Waals surface area contributed by atoms with Gasteiger partial charge in [0.2, 0.25) is 0 Å². The molecule has 1 aromatic heterocycles. The summed E-state index contributed by atoms with van der Waals surface area (Å²) in [7, 11) is 0. The van der Waals surface area contributed by atoms with Crippen LogP contribution in [0.1, 0.15) is 24.0 Å². The van der Waals surface area contributed by atoms with Gasteiger partial charge in [-0.1, -0.05) is 47.5 Å². The first-order valence-electron chi connectivity index (χ1n) is 9.12. The first-order valence-corrected chi connectivity index (χ1v) is 9.88. The van der Waals surface area contributed by atoms with Crippen molar-refractivity contribution < 1.29 is 0 Å². The maximum Gasteiger partial charge on any atom is 0.0495 e. The van der Waals surface area contributed by atoms with Crippen LogP contribution in [0.4, 0.5) is 0 Å². The predicted molar refractivity (Wildman–Crippen MR) is 112 cm³/mol. The molecule has 1 N–H and O–H groups in total. The van der Waals surface area contributed by atoms with E-state index in [-0.39, 0.29) is 0 Å². The number of hydrogen-bond acceptors (Lipinski definition) is 1. The zero-order valence-corrected chi connectivity index (χ0v) is 16.2. The van der Waals surface area contributed by atoms with E-state index in [1.807, 2.05) is 24.4 Å². The van der Waals surface area contributed by atoms with E-state index in [2.05, 4.69) is 40.2 Å². The lowest BCUT2D eigenvalue weighted by Gasteiger charge is -2.26. The van der Waals surface area contributed by atoms with Crippen molar-refractivity contribution in [1.29, 1.82) is 0 Å². The minimum Gasteiger partial charge on any atom is -0.361 e. The molecule has 1 aliphatic heterocycles. The molecule has 2 nitrogen and oxygen atoms in total. The fourth-order valence-electron chi connectivity index (χ4n) is 3.77. The van der Waals surface area contributed by atoms with Crippen molar-refractivity contribution in [2.24, 2.45) is 0 Å². The van der Waals surface area contributed by atoms with Crippen molar-refractivity contribution in [2.75, 3.05) is 19.6 Å². The van der Waals surface area contributed by atoms with Crippen LogP contribution < -0.4 is 0 Å². The van der Waals surface area contributed by atoms with Crippen molar-refractivity contribution in [1.82, 2.24) is 9.88 Å². The third-order valence-electron chi connectivity index (χ3n) is 5.18. The molecule has 4 rings (SSSR count). The van der Waals surface area contributed by atoms with Crippen LogP contribution in [0.3, 0.4) is 0 Å². The zero-order valence-electron chi connectivity index (χ0n) is 14.6. The van der Waals surface area contributed by atoms with Gasteiger partial charge >= 0.3 is 0 Å². The molecule has 0 spiro atoms. The number of nitrogens with one attached hydrogen (secondary N) is 1. The van der Waals surface area contributed by atoms with Crippen molar-refractivity contribution in [3.63, 3.8) is 0 Å². The van der Waals surface area contributed by atoms with E-state index < -0.39 is 0 Å². The number of benzene rings is 2. The molecular formula is C22H22Cl2N2. The maximum absolute atomic E-state index is 6.35. The Bertz CT molecular complexity index is 942. The summed E-state index contributed by atoms with van der Waals surface area (Å²) in [5.41, 5.74) is 5.12. The molecule has 0 bridgehead atoms. The minimum absolute atomic E-state index is 0.689. The normalized spacial score (nSPS) is 15.4. The van der Waals surface area contributed by atoms with Gasteiger partial charge in [-0.25, -0.2) is 0 Å². The van der Waals surface area contributed by atoms with Gasteiger partial charge in [-0.3, -0.25) is 4.90 Å². The van der Waals surface area contributed by atoms with E-state index in [1.165, 1.54) is 28.5 Å². The summed E-state index contributed by atoms with van der Waals surface area (Å²) in [4.78, 5) is 5.81. The summed E-state index contributed by atoms with van der Waals surface area (Å²) >= 11 is 12.3. The lowest BCUT2D eigenvalue weighted by molar-refractivity contribution is 0.298. The number of aromatic amines is 1. The molecular weight excluding hydrogens is 363 g/mol. The molecule has 134 valence electrons. The summed E-state index contributed by atoms with van der Waals surface area (Å²) < 4.78 is 0. The Labute approximate surface area is 164 Å². The van der Waals surface area contributed by atoms with E-state index in [9.17, 15) is 0 Å². The Morgan fingerprint density at radius 2 is 2.00 bits per heavy atom. The molecule has 2 aromatic carbocycles. The minimum atomic E-state index is 0.689. The summed E-state index contributed by atoms with van der Waals surface area (Å²) in [5, 5.41) is 2.79. The van der Waals surface area contributed by atoms with Crippen LogP contribution in [0.15, 0.2) is 54.7 Å². The van der Waals surface area contributed by atoms with Crippen molar-refractivity contribution in [2.45, 2.75) is 19.3 Å². The average Bonchev–Trinajstić information content (AvgIpc) is 3.12. The van der Waals surface area contributed by atoms with Crippen molar-refractivity contribution in [3.05, 3.63) is 75.9 Å². The Morgan fingerprint density at radius 1 is 1.08 bits per heavy atom. The third-order valence-corrected chi connectivity index (χ3v) is 5.72. The number of H-pyrrole nitrogens is 1. The molecule has 0 radical (unpaired) electrons. The van der Waals surface area contributed by atoms with Gasteiger partial charge in [0.15, 0.2) is 0 Å². The van der Waals surface area contributed by atoms with Gasteiger partial charge in [-0.05, 0) is 66.8 Å². The van der Waals surface area contributed by atoms with Crippen LogP contribution in [0.2, 0.25) is 10.0 Å². The third kappa shape index (κ3) is 3.83. The van der Waals surface area contributed by atoms with Crippen LogP contribution >= 0.6 is 23.2 Å². The molecule has 0 atom stereocenters. The van der Waals surface area contributed by atoms with E-state index in [0.717, 1.165) is 43.1 Å². The molecule has 0 fully saturated rings. The number of aromatic nitrogens is 1. The van der Waals surface area contributed by atoms with E-state index in [0.29, 0.717) is 5.02 Å². The van der Waals surface area contributed by atoms with Crippen molar-refractivity contribution >= 4 is 39.7 Å². The second-order valence-corrected chi connectivity index (χ2v) is 7.71. The van der Waals surface area contributed by atoms with Gasteiger partial charge < -0.3 is 4.98 Å². The number of fused-ring (bicyclic) bond motifs is 1. The molecule has 1 aliphatic rings. The largest absolute Gasteiger partial charge is 0.361 e. The fraction of sp³-hybridized carbons (Fsp3) is 0.273. The van der Waals surface area contributed by atoms with E-state index >= 15 is 0 Å². The van der Waals surface area contributed by atoms with Gasteiger partial charge in [0.25, 0.3) is 0 Å². The molecule has 26 heavy (non-hydrogen) atoms. The number of hydrogen-bond donors (Lipinski definition) is 1. The van der Waals surface area contributed by atoms with Gasteiger partial charge in [0.1, 0.15) is 0 Å². The maximum atomic E-state index is 6.35. The van der Waals surface area contributed by atoms with Gasteiger partial charge in [0, 0.05) is 40.2 Å². The average molecular weight is 385 g/mol. The second-order valence-electron chi connectivity index (χ2n) is 6.86. The topological polar surface area (TPSA) is 19.0 Å². The standard InChI is InChI=1S/C22H22Cl2N2/c23-18-6-7-19(21(24)15-18)17-9-13-26(14-10-17)12-2-4-16-3-1-5-22-20(16)8-11-25-22/h1,3,5-9,11,15,25H,2,4,10,12-14H2. The highest BCUT2D eigenvalue weighted by molar-refractivity contribution is 6.35. The lowest BCUT2D eigenvalue weighted by atomic mass is 9.99. The molecule has 3 aromatic rings. The molecule has 0 amide bonds. The Kier molecular flexibility index (Phi) is 5.35. The molecule has 0 saturated carbocycles. The number of rotatable bonds is 5. The van der Waals surface area contributed by atoms with E-state index in [1.54, 1.807) is 0 Å². The highest BCUT2D eigenvalue weighted by Crippen LogP contribution is 2.30. The zero-order chi connectivity index (χ0) is 17.9. The van der Waals surface area contributed by atoms with Crippen molar-refractivity contribution in [3.8, 4) is 0 Å². The van der Waals surface area contributed by atoms with Gasteiger partial charge in [-0.15, -0.1) is 0 Å². The molecule has 0 aliphatic carbocycles. The molecule has 0 saturated heterocycles. The van der Waals surface area contributed by atoms with E-state index in [4.69, 9.17) is 23.2 Å². The number of halogens is 2. The number of aryl methyl sites for hydroxylation is 1. The Hall–Kier alpha value is -1.74. The van der Waals surface area contributed by atoms with Crippen LogP contribution in [0, 0.1) is 0 Å². The van der Waals surface area contributed by atoms with Gasteiger partial charge in [0.05, 0.1) is 0 Å².